The molecule has 0 saturated heterocycles. The first-order chi connectivity index (χ1) is 15.0. The van der Waals surface area contributed by atoms with E-state index in [4.69, 9.17) is 4.74 Å². The first-order valence-electron chi connectivity index (χ1n) is 9.83. The number of aromatic nitrogens is 2. The summed E-state index contributed by atoms with van der Waals surface area (Å²) in [6, 6.07) is 14.8. The SMILES string of the molecule is CNC(=O)c1ccc(CCNc2cc(-c3ccc(NC(C)=O)cc3)ncn2)c(OC)c1. The molecule has 8 nitrogen and oxygen atoms in total. The lowest BCUT2D eigenvalue weighted by molar-refractivity contribution is -0.114. The summed E-state index contributed by atoms with van der Waals surface area (Å²) in [5, 5.41) is 8.65. The van der Waals surface area contributed by atoms with E-state index >= 15 is 0 Å². The van der Waals surface area contributed by atoms with Gasteiger partial charge in [-0.05, 0) is 36.2 Å². The minimum Gasteiger partial charge on any atom is -0.496 e. The van der Waals surface area contributed by atoms with E-state index in [1.54, 1.807) is 26.3 Å². The Balaban J connectivity index is 1.64. The molecule has 0 radical (unpaired) electrons. The summed E-state index contributed by atoms with van der Waals surface area (Å²) in [6.45, 7) is 2.11. The number of benzene rings is 2. The third-order valence-corrected chi connectivity index (χ3v) is 4.64. The minimum atomic E-state index is -0.151. The second kappa shape index (κ2) is 10.2. The Bertz CT molecular complexity index is 1070. The van der Waals surface area contributed by atoms with Crippen LogP contribution in [0, 0.1) is 0 Å². The monoisotopic (exact) mass is 419 g/mol. The van der Waals surface area contributed by atoms with E-state index in [2.05, 4.69) is 25.9 Å². The molecule has 3 aromatic rings. The van der Waals surface area contributed by atoms with Gasteiger partial charge in [-0.1, -0.05) is 18.2 Å². The normalized spacial score (nSPS) is 10.3. The highest BCUT2D eigenvalue weighted by Gasteiger charge is 2.09. The second-order valence-electron chi connectivity index (χ2n) is 6.83. The fourth-order valence-electron chi connectivity index (χ4n) is 3.10. The lowest BCUT2D eigenvalue weighted by Gasteiger charge is -2.12. The quantitative estimate of drug-likeness (QED) is 0.518. The van der Waals surface area contributed by atoms with Crippen LogP contribution in [0.15, 0.2) is 54.9 Å². The van der Waals surface area contributed by atoms with E-state index in [9.17, 15) is 9.59 Å². The van der Waals surface area contributed by atoms with Crippen molar-refractivity contribution in [1.82, 2.24) is 15.3 Å². The molecule has 2 amide bonds. The number of hydrogen-bond donors (Lipinski definition) is 3. The number of methoxy groups -OCH3 is 1. The van der Waals surface area contributed by atoms with Crippen molar-refractivity contribution < 1.29 is 14.3 Å². The summed E-state index contributed by atoms with van der Waals surface area (Å²) in [4.78, 5) is 31.6. The molecule has 2 aromatic carbocycles. The van der Waals surface area contributed by atoms with Crippen molar-refractivity contribution >= 4 is 23.3 Å². The topological polar surface area (TPSA) is 105 Å². The first kappa shape index (κ1) is 21.8. The molecule has 160 valence electrons. The van der Waals surface area contributed by atoms with Gasteiger partial charge in [0.25, 0.3) is 5.91 Å². The number of ether oxygens (including phenoxy) is 1. The van der Waals surface area contributed by atoms with E-state index < -0.39 is 0 Å². The number of nitrogens with one attached hydrogen (secondary N) is 3. The lowest BCUT2D eigenvalue weighted by atomic mass is 10.1. The minimum absolute atomic E-state index is 0.110. The highest BCUT2D eigenvalue weighted by Crippen LogP contribution is 2.23. The molecule has 0 aliphatic rings. The van der Waals surface area contributed by atoms with E-state index in [1.807, 2.05) is 36.4 Å². The van der Waals surface area contributed by atoms with Gasteiger partial charge in [0.05, 0.1) is 12.8 Å². The van der Waals surface area contributed by atoms with Crippen molar-refractivity contribution in [3.8, 4) is 17.0 Å². The number of amides is 2. The van der Waals surface area contributed by atoms with Gasteiger partial charge in [0.1, 0.15) is 17.9 Å². The third-order valence-electron chi connectivity index (χ3n) is 4.64. The Hall–Kier alpha value is -3.94. The van der Waals surface area contributed by atoms with Crippen LogP contribution in [0.5, 0.6) is 5.75 Å². The number of carbonyl (C=O) groups excluding carboxylic acids is 2. The van der Waals surface area contributed by atoms with Gasteiger partial charge in [-0.25, -0.2) is 9.97 Å². The number of anilines is 2. The fraction of sp³-hybridized carbons (Fsp3) is 0.217. The van der Waals surface area contributed by atoms with Gasteiger partial charge >= 0.3 is 0 Å². The summed E-state index contributed by atoms with van der Waals surface area (Å²) in [7, 11) is 3.19. The molecule has 0 aliphatic heterocycles. The molecule has 8 heteroatoms. The fourth-order valence-corrected chi connectivity index (χ4v) is 3.10. The summed E-state index contributed by atoms with van der Waals surface area (Å²) in [5.41, 5.74) is 3.98. The second-order valence-corrected chi connectivity index (χ2v) is 6.83. The van der Waals surface area contributed by atoms with Crippen molar-refractivity contribution in [1.29, 1.82) is 0 Å². The average molecular weight is 419 g/mol. The van der Waals surface area contributed by atoms with Crippen LogP contribution in [0.3, 0.4) is 0 Å². The molecule has 1 aromatic heterocycles. The van der Waals surface area contributed by atoms with Crippen LogP contribution >= 0.6 is 0 Å². The Morgan fingerprint density at radius 2 is 1.81 bits per heavy atom. The van der Waals surface area contributed by atoms with E-state index in [-0.39, 0.29) is 11.8 Å². The van der Waals surface area contributed by atoms with Gasteiger partial charge in [-0.2, -0.15) is 0 Å². The van der Waals surface area contributed by atoms with E-state index in [0.29, 0.717) is 30.1 Å². The van der Waals surface area contributed by atoms with Crippen molar-refractivity contribution in [3.05, 3.63) is 66.0 Å². The molecule has 0 aliphatic carbocycles. The van der Waals surface area contributed by atoms with Crippen LogP contribution in [0.2, 0.25) is 0 Å². The zero-order valence-electron chi connectivity index (χ0n) is 17.7. The summed E-state index contributed by atoms with van der Waals surface area (Å²) in [5.74, 6) is 1.12. The zero-order valence-corrected chi connectivity index (χ0v) is 17.7. The molecule has 3 rings (SSSR count). The number of carbonyl (C=O) groups is 2. The maximum atomic E-state index is 11.8. The lowest BCUT2D eigenvalue weighted by Crippen LogP contribution is -2.18. The average Bonchev–Trinajstić information content (AvgIpc) is 2.79. The van der Waals surface area contributed by atoms with Gasteiger partial charge < -0.3 is 20.7 Å². The van der Waals surface area contributed by atoms with Gasteiger partial charge in [0.15, 0.2) is 0 Å². The van der Waals surface area contributed by atoms with Crippen molar-refractivity contribution in [2.45, 2.75) is 13.3 Å². The smallest absolute Gasteiger partial charge is 0.251 e. The largest absolute Gasteiger partial charge is 0.496 e. The van der Waals surface area contributed by atoms with Crippen LogP contribution in [0.1, 0.15) is 22.8 Å². The predicted molar refractivity (Wildman–Crippen MR) is 120 cm³/mol. The van der Waals surface area contributed by atoms with Crippen molar-refractivity contribution in [3.63, 3.8) is 0 Å². The molecule has 3 N–H and O–H groups in total. The van der Waals surface area contributed by atoms with Gasteiger partial charge in [-0.15, -0.1) is 0 Å². The van der Waals surface area contributed by atoms with Crippen LogP contribution in [-0.2, 0) is 11.2 Å². The molecule has 0 bridgehead atoms. The molecule has 0 atom stereocenters. The Morgan fingerprint density at radius 1 is 1.03 bits per heavy atom. The molecular weight excluding hydrogens is 394 g/mol. The van der Waals surface area contributed by atoms with Crippen molar-refractivity contribution in [2.75, 3.05) is 31.3 Å². The summed E-state index contributed by atoms with van der Waals surface area (Å²) < 4.78 is 5.43. The molecular formula is C23H25N5O3. The third kappa shape index (κ3) is 5.79. The van der Waals surface area contributed by atoms with E-state index in [1.165, 1.54) is 13.3 Å². The first-order valence-corrected chi connectivity index (χ1v) is 9.83. The van der Waals surface area contributed by atoms with Crippen LogP contribution in [0.4, 0.5) is 11.5 Å². The zero-order chi connectivity index (χ0) is 22.2. The van der Waals surface area contributed by atoms with Gasteiger partial charge in [0.2, 0.25) is 5.91 Å². The van der Waals surface area contributed by atoms with Crippen molar-refractivity contribution in [2.24, 2.45) is 0 Å². The molecule has 31 heavy (non-hydrogen) atoms. The Labute approximate surface area is 181 Å². The van der Waals surface area contributed by atoms with Gasteiger partial charge in [0, 0.05) is 43.4 Å². The maximum Gasteiger partial charge on any atom is 0.251 e. The predicted octanol–water partition coefficient (Wildman–Crippen LogP) is 3.12. The molecule has 0 fully saturated rings. The Morgan fingerprint density at radius 3 is 2.48 bits per heavy atom. The highest BCUT2D eigenvalue weighted by molar-refractivity contribution is 5.94. The number of rotatable bonds is 8. The number of hydrogen-bond acceptors (Lipinski definition) is 6. The molecule has 0 saturated carbocycles. The van der Waals surface area contributed by atoms with Crippen LogP contribution in [0.25, 0.3) is 11.3 Å². The summed E-state index contributed by atoms with van der Waals surface area (Å²) >= 11 is 0. The maximum absolute atomic E-state index is 11.8. The molecule has 0 spiro atoms. The van der Waals surface area contributed by atoms with Crippen LogP contribution < -0.4 is 20.7 Å². The highest BCUT2D eigenvalue weighted by atomic mass is 16.5. The van der Waals surface area contributed by atoms with Crippen LogP contribution in [-0.4, -0.2) is 42.5 Å². The molecule has 0 unspecified atom stereocenters. The Kier molecular flexibility index (Phi) is 7.16. The van der Waals surface area contributed by atoms with Gasteiger partial charge in [-0.3, -0.25) is 9.59 Å². The molecule has 1 heterocycles. The number of nitrogens with zero attached hydrogens (tertiary/aromatic N) is 2. The summed E-state index contributed by atoms with van der Waals surface area (Å²) in [6.07, 6.45) is 2.21. The standard InChI is InChI=1S/C23H25N5O3/c1-15(29)28-19-8-6-16(7-9-19)20-13-22(27-14-26-20)25-11-10-17-4-5-18(23(30)24-2)12-21(17)31-3/h4-9,12-14H,10-11H2,1-3H3,(H,24,30)(H,28,29)(H,25,26,27). The van der Waals surface area contributed by atoms with E-state index in [0.717, 1.165) is 22.5 Å².